The maximum atomic E-state index is 12.3. The topological polar surface area (TPSA) is 92.3 Å². The lowest BCUT2D eigenvalue weighted by Gasteiger charge is -2.13. The Morgan fingerprint density at radius 1 is 1.03 bits per heavy atom. The monoisotopic (exact) mass is 498 g/mol. The number of hydrogen-bond donors (Lipinski definition) is 2. The Labute approximate surface area is 205 Å². The fraction of sp³-hybridized carbons (Fsp3) is 0.167. The van der Waals surface area contributed by atoms with Crippen LogP contribution in [0.3, 0.4) is 0 Å². The molecule has 2 N–H and O–H groups in total. The van der Waals surface area contributed by atoms with Crippen molar-refractivity contribution >= 4 is 39.3 Å². The highest BCUT2D eigenvalue weighted by Crippen LogP contribution is 2.28. The predicted octanol–water partition coefficient (Wildman–Crippen LogP) is 3.85. The van der Waals surface area contributed by atoms with E-state index in [0.717, 1.165) is 15.4 Å². The van der Waals surface area contributed by atoms with Crippen molar-refractivity contribution in [3.05, 3.63) is 83.9 Å². The number of benzene rings is 3. The molecule has 3 rings (SSSR count). The van der Waals surface area contributed by atoms with Crippen molar-refractivity contribution in [1.82, 2.24) is 9.73 Å². The van der Waals surface area contributed by atoms with Crippen LogP contribution in [-0.4, -0.2) is 45.3 Å². The number of sulfonamides is 1. The van der Waals surface area contributed by atoms with Crippen LogP contribution < -0.4 is 20.2 Å². The van der Waals surface area contributed by atoms with Crippen LogP contribution in [0.5, 0.6) is 11.5 Å². The first-order chi connectivity index (χ1) is 16.3. The normalized spacial score (nSPS) is 11.4. The second-order valence-electron chi connectivity index (χ2n) is 7.32. The van der Waals surface area contributed by atoms with Crippen molar-refractivity contribution in [1.29, 1.82) is 0 Å². The maximum absolute atomic E-state index is 12.3. The van der Waals surface area contributed by atoms with Gasteiger partial charge in [0.05, 0.1) is 18.2 Å². The molecule has 34 heavy (non-hydrogen) atoms. The van der Waals surface area contributed by atoms with Gasteiger partial charge in [-0.25, -0.2) is 12.7 Å². The summed E-state index contributed by atoms with van der Waals surface area (Å²) in [7, 11) is 1.00. The van der Waals surface area contributed by atoms with Crippen LogP contribution in [0.4, 0.5) is 5.69 Å². The summed E-state index contributed by atoms with van der Waals surface area (Å²) in [6.45, 7) is 0.409. The van der Waals surface area contributed by atoms with Crippen LogP contribution in [-0.2, 0) is 16.6 Å². The van der Waals surface area contributed by atoms with Crippen molar-refractivity contribution in [2.24, 2.45) is 5.10 Å². The Balaban J connectivity index is 1.62. The molecule has 0 amide bonds. The zero-order valence-corrected chi connectivity index (χ0v) is 20.7. The lowest BCUT2D eigenvalue weighted by molar-refractivity contribution is 0.284. The summed E-state index contributed by atoms with van der Waals surface area (Å²) in [6, 6.07) is 21.7. The van der Waals surface area contributed by atoms with E-state index in [4.69, 9.17) is 21.7 Å². The Bertz CT molecular complexity index is 1260. The van der Waals surface area contributed by atoms with Crippen molar-refractivity contribution < 1.29 is 17.9 Å². The third-order valence-electron chi connectivity index (χ3n) is 4.68. The van der Waals surface area contributed by atoms with E-state index in [-0.39, 0.29) is 10.0 Å². The van der Waals surface area contributed by atoms with Gasteiger partial charge in [-0.1, -0.05) is 36.4 Å². The molecule has 0 fully saturated rings. The Morgan fingerprint density at radius 3 is 2.50 bits per heavy atom. The summed E-state index contributed by atoms with van der Waals surface area (Å²) in [5.74, 6) is 1.21. The molecular formula is C24H26N4O4S2. The smallest absolute Gasteiger partial charge is 0.242 e. The first-order valence-electron chi connectivity index (χ1n) is 10.3. The van der Waals surface area contributed by atoms with Crippen LogP contribution in [0.1, 0.15) is 11.1 Å². The van der Waals surface area contributed by atoms with Gasteiger partial charge in [-0.05, 0) is 59.7 Å². The fourth-order valence-electron chi connectivity index (χ4n) is 2.89. The molecule has 0 saturated carbocycles. The Hall–Kier alpha value is -3.47. The largest absolute Gasteiger partial charge is 0.493 e. The Kier molecular flexibility index (Phi) is 8.58. The molecule has 0 radical (unpaired) electrons. The number of ether oxygens (including phenoxy) is 2. The van der Waals surface area contributed by atoms with Gasteiger partial charge in [0, 0.05) is 19.8 Å². The molecule has 0 spiro atoms. The number of methoxy groups -OCH3 is 1. The van der Waals surface area contributed by atoms with Crippen LogP contribution in [0.15, 0.2) is 82.8 Å². The molecule has 0 saturated heterocycles. The predicted molar refractivity (Wildman–Crippen MR) is 138 cm³/mol. The molecule has 178 valence electrons. The van der Waals surface area contributed by atoms with Gasteiger partial charge < -0.3 is 14.8 Å². The number of nitrogens with zero attached hydrogens (tertiary/aromatic N) is 2. The number of anilines is 1. The Morgan fingerprint density at radius 2 is 1.79 bits per heavy atom. The molecule has 0 aromatic heterocycles. The second-order valence-corrected chi connectivity index (χ2v) is 9.88. The lowest BCUT2D eigenvalue weighted by Crippen LogP contribution is -2.25. The van der Waals surface area contributed by atoms with Gasteiger partial charge in [0.2, 0.25) is 10.0 Å². The molecule has 3 aromatic carbocycles. The zero-order valence-electron chi connectivity index (χ0n) is 19.1. The highest BCUT2D eigenvalue weighted by molar-refractivity contribution is 7.89. The van der Waals surface area contributed by atoms with Gasteiger partial charge in [0.15, 0.2) is 16.6 Å². The minimum atomic E-state index is -3.54. The van der Waals surface area contributed by atoms with E-state index in [9.17, 15) is 8.42 Å². The summed E-state index contributed by atoms with van der Waals surface area (Å²) >= 11 is 5.26. The van der Waals surface area contributed by atoms with Crippen LogP contribution in [0, 0.1) is 0 Å². The van der Waals surface area contributed by atoms with Crippen LogP contribution >= 0.6 is 12.2 Å². The highest BCUT2D eigenvalue weighted by atomic mass is 32.2. The minimum absolute atomic E-state index is 0.162. The number of rotatable bonds is 9. The number of thiocarbonyl (C=S) groups is 1. The molecule has 0 bridgehead atoms. The summed E-state index contributed by atoms with van der Waals surface area (Å²) in [6.07, 6.45) is 1.59. The minimum Gasteiger partial charge on any atom is -0.493 e. The van der Waals surface area contributed by atoms with E-state index in [1.165, 1.54) is 26.2 Å². The molecule has 0 unspecified atom stereocenters. The number of hydrogen-bond acceptors (Lipinski definition) is 6. The third kappa shape index (κ3) is 6.77. The van der Waals surface area contributed by atoms with Crippen LogP contribution in [0.25, 0.3) is 0 Å². The van der Waals surface area contributed by atoms with Crippen molar-refractivity contribution in [2.75, 3.05) is 26.5 Å². The van der Waals surface area contributed by atoms with E-state index in [2.05, 4.69) is 15.8 Å². The summed E-state index contributed by atoms with van der Waals surface area (Å²) in [4.78, 5) is 0.162. The number of hydrazone groups is 1. The number of nitrogens with one attached hydrogen (secondary N) is 2. The van der Waals surface area contributed by atoms with Gasteiger partial charge in [-0.3, -0.25) is 5.43 Å². The zero-order chi connectivity index (χ0) is 24.6. The van der Waals surface area contributed by atoms with E-state index in [1.807, 2.05) is 42.5 Å². The summed E-state index contributed by atoms with van der Waals surface area (Å²) in [5, 5.41) is 7.29. The summed E-state index contributed by atoms with van der Waals surface area (Å²) in [5.41, 5.74) is 5.07. The van der Waals surface area contributed by atoms with E-state index in [1.54, 1.807) is 31.5 Å². The molecule has 0 heterocycles. The van der Waals surface area contributed by atoms with Gasteiger partial charge in [0.25, 0.3) is 0 Å². The molecule has 3 aromatic rings. The highest BCUT2D eigenvalue weighted by Gasteiger charge is 2.17. The molecule has 10 heteroatoms. The molecule has 0 aliphatic rings. The fourth-order valence-corrected chi connectivity index (χ4v) is 4.01. The van der Waals surface area contributed by atoms with Gasteiger partial charge in [-0.2, -0.15) is 5.10 Å². The first kappa shape index (κ1) is 25.2. The molecule has 0 aliphatic carbocycles. The van der Waals surface area contributed by atoms with Crippen molar-refractivity contribution in [2.45, 2.75) is 11.5 Å². The third-order valence-corrected chi connectivity index (χ3v) is 6.68. The molecular weight excluding hydrogens is 472 g/mol. The van der Waals surface area contributed by atoms with E-state index >= 15 is 0 Å². The van der Waals surface area contributed by atoms with Gasteiger partial charge in [0.1, 0.15) is 6.61 Å². The maximum Gasteiger partial charge on any atom is 0.242 e. The standard InChI is InChI=1S/C24H26N4O4S2/c1-28(2)34(29,30)21-11-7-10-20(15-21)26-24(33)27-25-16-19-12-13-22(31-3)23(14-19)32-17-18-8-5-4-6-9-18/h4-16H,17H2,1-3H3,(H2,26,27,33)/b25-16+. The second kappa shape index (κ2) is 11.6. The lowest BCUT2D eigenvalue weighted by atomic mass is 10.2. The van der Waals surface area contributed by atoms with Crippen molar-refractivity contribution in [3.8, 4) is 11.5 Å². The van der Waals surface area contributed by atoms with E-state index < -0.39 is 10.0 Å². The quantitative estimate of drug-likeness (QED) is 0.263. The molecule has 0 aliphatic heterocycles. The van der Waals surface area contributed by atoms with Crippen LogP contribution in [0.2, 0.25) is 0 Å². The van der Waals surface area contributed by atoms with Crippen molar-refractivity contribution in [3.63, 3.8) is 0 Å². The molecule has 8 nitrogen and oxygen atoms in total. The van der Waals surface area contributed by atoms with Gasteiger partial charge >= 0.3 is 0 Å². The van der Waals surface area contributed by atoms with E-state index in [0.29, 0.717) is 23.8 Å². The van der Waals surface area contributed by atoms with Gasteiger partial charge in [-0.15, -0.1) is 0 Å². The first-order valence-corrected chi connectivity index (χ1v) is 12.1. The summed E-state index contributed by atoms with van der Waals surface area (Å²) < 4.78 is 37.1. The molecule has 0 atom stereocenters. The average Bonchev–Trinajstić information content (AvgIpc) is 2.83. The average molecular weight is 499 g/mol. The SMILES string of the molecule is COc1ccc(/C=N/NC(=S)Nc2cccc(S(=O)(=O)N(C)C)c2)cc1OCc1ccccc1.